The van der Waals surface area contributed by atoms with Crippen molar-refractivity contribution >= 4 is 118 Å². The molecule has 0 unspecified atom stereocenters. The van der Waals surface area contributed by atoms with Gasteiger partial charge in [-0.15, -0.1) is 11.6 Å². The molecule has 546 valence electrons. The summed E-state index contributed by atoms with van der Waals surface area (Å²) in [7, 11) is -0.553. The third kappa shape index (κ3) is 23.5. The minimum absolute atomic E-state index is 0. The second-order valence-electron chi connectivity index (χ2n) is 25.7. The molecule has 0 radical (unpaired) electrons. The van der Waals surface area contributed by atoms with Crippen LogP contribution in [0.4, 0.5) is 0 Å². The number of alkyl halides is 1. The second kappa shape index (κ2) is 43.2. The molecular formula is C85H98B4ClN4NaO12+4. The van der Waals surface area contributed by atoms with Crippen LogP contribution in [0.1, 0.15) is 91.2 Å². The van der Waals surface area contributed by atoms with Gasteiger partial charge in [-0.1, -0.05) is 161 Å². The molecule has 1 saturated heterocycles. The molecule has 0 aliphatic carbocycles. The Labute approximate surface area is 660 Å². The number of aliphatic hydroxyl groups is 1. The summed E-state index contributed by atoms with van der Waals surface area (Å²) in [5, 5.41) is 53.1. The Morgan fingerprint density at radius 1 is 0.449 bits per heavy atom. The number of pyridine rings is 4. The summed E-state index contributed by atoms with van der Waals surface area (Å²) in [5.74, 6) is 0.581. The molecule has 12 aromatic rings. The van der Waals surface area contributed by atoms with Crippen LogP contribution in [0.15, 0.2) is 244 Å². The molecule has 0 amide bonds. The molecule has 1 aliphatic rings. The zero-order valence-corrected chi connectivity index (χ0v) is 62.9. The molecular weight excluding hydrogens is 1370 g/mol. The van der Waals surface area contributed by atoms with Gasteiger partial charge in [-0.05, 0) is 111 Å². The third-order valence-electron chi connectivity index (χ3n) is 18.1. The first-order valence-corrected chi connectivity index (χ1v) is 35.7. The topological polar surface area (TPSA) is 181 Å². The first kappa shape index (κ1) is 84.6. The van der Waals surface area contributed by atoms with Crippen molar-refractivity contribution in [3.63, 3.8) is 0 Å². The summed E-state index contributed by atoms with van der Waals surface area (Å²) in [4.78, 5) is 0. The Morgan fingerprint density at radius 3 is 1.27 bits per heavy atom. The van der Waals surface area contributed by atoms with E-state index in [1.54, 1.807) is 26.4 Å². The number of nitrogens with zero attached hydrogens (tertiary/aromatic N) is 4. The van der Waals surface area contributed by atoms with E-state index >= 15 is 0 Å². The molecule has 5 heterocycles. The molecule has 0 bridgehead atoms. The van der Waals surface area contributed by atoms with Gasteiger partial charge in [0, 0.05) is 131 Å². The molecule has 22 heteroatoms. The Balaban J connectivity index is 0.000000258. The fourth-order valence-electron chi connectivity index (χ4n) is 13.0. The predicted octanol–water partition coefficient (Wildman–Crippen LogP) is 6.93. The van der Waals surface area contributed by atoms with Crippen LogP contribution in [0.5, 0.6) is 0 Å². The predicted molar refractivity (Wildman–Crippen MR) is 429 cm³/mol. The minimum atomic E-state index is -1.59. The van der Waals surface area contributed by atoms with E-state index in [1.165, 1.54) is 21.9 Å². The van der Waals surface area contributed by atoms with Gasteiger partial charge in [-0.3, -0.25) is 0 Å². The number of hydrogen-bond acceptors (Lipinski definition) is 12. The van der Waals surface area contributed by atoms with E-state index < -0.39 is 14.2 Å². The van der Waals surface area contributed by atoms with Crippen molar-refractivity contribution in [2.75, 3.05) is 53.9 Å². The van der Waals surface area contributed by atoms with Crippen molar-refractivity contribution in [1.82, 2.24) is 0 Å². The maximum atomic E-state index is 10.1. The van der Waals surface area contributed by atoms with Gasteiger partial charge in [-0.25, -0.2) is 0 Å². The van der Waals surface area contributed by atoms with E-state index in [-0.39, 0.29) is 66.7 Å². The molecule has 13 rings (SSSR count). The van der Waals surface area contributed by atoms with Gasteiger partial charge in [0.25, 0.3) is 0 Å². The largest absolute Gasteiger partial charge is 1.00 e. The van der Waals surface area contributed by atoms with Crippen LogP contribution >= 0.6 is 11.6 Å². The third-order valence-corrected chi connectivity index (χ3v) is 18.4. The zero-order valence-electron chi connectivity index (χ0n) is 61.1. The van der Waals surface area contributed by atoms with Gasteiger partial charge in [0.15, 0.2) is 51.0 Å². The molecule has 0 saturated carbocycles. The number of hydrogen-bond donors (Lipinski definition) is 5. The first-order valence-electron chi connectivity index (χ1n) is 35.1. The summed E-state index contributed by atoms with van der Waals surface area (Å²) in [6, 6.07) is 69.5. The normalized spacial score (nSPS) is 11.7. The van der Waals surface area contributed by atoms with Gasteiger partial charge >= 0.3 is 58.0 Å². The van der Waals surface area contributed by atoms with Crippen LogP contribution < -0.4 is 69.7 Å². The van der Waals surface area contributed by atoms with Crippen LogP contribution in [0.25, 0.3) is 55.8 Å². The summed E-state index contributed by atoms with van der Waals surface area (Å²) in [5.41, 5.74) is 17.9. The monoisotopic (exact) mass is 1470 g/mol. The van der Waals surface area contributed by atoms with E-state index in [4.69, 9.17) is 49.5 Å². The molecule has 0 spiro atoms. The average molecular weight is 1470 g/mol. The van der Waals surface area contributed by atoms with Crippen LogP contribution in [-0.2, 0) is 84.7 Å². The van der Waals surface area contributed by atoms with Gasteiger partial charge in [0.05, 0.1) is 41.4 Å². The van der Waals surface area contributed by atoms with Crippen molar-refractivity contribution in [3.8, 4) is 0 Å². The molecule has 8 aromatic carbocycles. The van der Waals surface area contributed by atoms with Crippen molar-refractivity contribution < 1.29 is 107 Å². The maximum Gasteiger partial charge on any atom is 1.00 e. The summed E-state index contributed by atoms with van der Waals surface area (Å²) in [6.45, 7) is 14.4. The van der Waals surface area contributed by atoms with E-state index in [2.05, 4.69) is 135 Å². The maximum absolute atomic E-state index is 10.1. The Kier molecular flexibility index (Phi) is 34.2. The molecule has 1 fully saturated rings. The smallest absolute Gasteiger partial charge is 1.00 e. The van der Waals surface area contributed by atoms with Crippen molar-refractivity contribution in [1.29, 1.82) is 0 Å². The number of aromatic nitrogens is 4. The van der Waals surface area contributed by atoms with Crippen LogP contribution in [-0.4, -0.2) is 108 Å². The SMILES string of the molecule is C.C.C=Cc1ccc(CCl)cc1.C=Cc1ccc(COCCCOCc2cc(C[n+]3cccc4c5ccc[n+](Cc6cccc(B(O)O)c6)c5ccc43)cc(B(O)O)c2)cc1.COB(OC)c1cccc(C[n+]2cccc3c4ccc[n+](Cc5cc(COCCCO)cc(B6OCCCO6)c5)c4ccc32)c1.[H-].[Na+]. The number of rotatable bonds is 30. The number of ether oxygens (including phenoxy) is 3. The average Bonchev–Trinajstić information content (AvgIpc) is 0.771. The number of aliphatic hydroxyl groups excluding tert-OH is 1. The molecule has 1 aliphatic heterocycles. The second-order valence-corrected chi connectivity index (χ2v) is 25.9. The Bertz CT molecular complexity index is 4830. The van der Waals surface area contributed by atoms with Gasteiger partial charge in [-0.2, -0.15) is 18.3 Å². The Hall–Kier alpha value is -8.05. The molecule has 5 N–H and O–H groups in total. The summed E-state index contributed by atoms with van der Waals surface area (Å²) >= 11 is 5.60. The van der Waals surface area contributed by atoms with Crippen LogP contribution in [0.3, 0.4) is 0 Å². The van der Waals surface area contributed by atoms with Crippen LogP contribution in [0.2, 0.25) is 0 Å². The summed E-state index contributed by atoms with van der Waals surface area (Å²) < 4.78 is 49.3. The first-order chi connectivity index (χ1) is 50.9. The van der Waals surface area contributed by atoms with E-state index in [0.29, 0.717) is 95.7 Å². The summed E-state index contributed by atoms with van der Waals surface area (Å²) in [6.07, 6.45) is 14.2. The Morgan fingerprint density at radius 2 is 0.832 bits per heavy atom. The van der Waals surface area contributed by atoms with Crippen molar-refractivity contribution in [2.24, 2.45) is 0 Å². The number of benzene rings is 8. The van der Waals surface area contributed by atoms with E-state index in [1.807, 2.05) is 128 Å². The van der Waals surface area contributed by atoms with Crippen molar-refractivity contribution in [2.45, 2.75) is 86.0 Å². The molecule has 0 atom stereocenters. The van der Waals surface area contributed by atoms with Crippen molar-refractivity contribution in [3.05, 3.63) is 300 Å². The van der Waals surface area contributed by atoms with Gasteiger partial charge in [0.1, 0.15) is 0 Å². The molecule has 16 nitrogen and oxygen atoms in total. The molecule has 107 heavy (non-hydrogen) atoms. The van der Waals surface area contributed by atoms with Crippen LogP contribution in [0, 0.1) is 0 Å². The van der Waals surface area contributed by atoms with E-state index in [9.17, 15) is 20.1 Å². The minimum Gasteiger partial charge on any atom is -1.00 e. The molecule has 4 aromatic heterocycles. The van der Waals surface area contributed by atoms with Gasteiger partial charge in [0.2, 0.25) is 22.1 Å². The fourth-order valence-corrected chi connectivity index (χ4v) is 13.2. The fraction of sp³-hybridized carbons (Fsp3) is 0.247. The standard InChI is InChI=1S/C39H40B2N2O6.C35H40B2N2O6.C9H9Cl.2CH4.Na.H/c1-2-29-11-13-30(14-12-29)27-48-19-6-20-49-28-33-21-32(23-35(24-33)41(46)47)26-43-18-5-10-37-36-9-4-17-42(38(36)15-16-39(37)43)25-31-7-3-8-34(22-31)40(44)45;1-41-36(42-2)30-9-3-8-27(21-30)24-38-14-4-10-32-33-11-5-15-39(35(33)13-12-34(32)38)25-28-20-29(26-43-17-6-16-40)23-31(22-28)37-44-18-7-19-45-37;1-2-8-3-5-9(7-10)6-4-8;;;;/h2-5,7-18,21-24,44-47H,1,6,19-20,25-28H2;3-5,8-15,20-23,40H,6-7,16-19,24-26H2,1-2H3;2-6H,1,7H2;2*1H4;;/q2*+2;;;;+1;-1. The van der Waals surface area contributed by atoms with Gasteiger partial charge < -0.3 is 59.5 Å². The van der Waals surface area contributed by atoms with E-state index in [0.717, 1.165) is 108 Å². The number of fused-ring (bicyclic) bond motifs is 6. The zero-order chi connectivity index (χ0) is 72.6. The number of halogens is 1. The quantitative estimate of drug-likeness (QED) is 0.0103.